The molecule has 0 radical (unpaired) electrons. The third-order valence-electron chi connectivity index (χ3n) is 2.86. The van der Waals surface area contributed by atoms with Gasteiger partial charge in [-0.2, -0.15) is 0 Å². The normalized spacial score (nSPS) is 24.3. The number of aromatic nitrogens is 2. The lowest BCUT2D eigenvalue weighted by Gasteiger charge is -2.36. The first-order valence-electron chi connectivity index (χ1n) is 5.11. The number of piperazine rings is 1. The van der Waals surface area contributed by atoms with E-state index in [-0.39, 0.29) is 11.6 Å². The van der Waals surface area contributed by atoms with Crippen molar-refractivity contribution in [2.24, 2.45) is 0 Å². The Hall–Kier alpha value is -1.20. The monoisotopic (exact) mass is 208 g/mol. The van der Waals surface area contributed by atoms with Gasteiger partial charge in [0.1, 0.15) is 5.82 Å². The molecular formula is C10H16N4O. The van der Waals surface area contributed by atoms with Gasteiger partial charge in [-0.25, -0.2) is 4.98 Å². The number of nitrogens with zero attached hydrogens (tertiary/aromatic N) is 3. The first kappa shape index (κ1) is 10.3. The largest absolute Gasteiger partial charge is 0.309 e. The highest BCUT2D eigenvalue weighted by atomic mass is 16.1. The Morgan fingerprint density at radius 2 is 2.27 bits per heavy atom. The van der Waals surface area contributed by atoms with Crippen LogP contribution in [0.5, 0.6) is 0 Å². The van der Waals surface area contributed by atoms with E-state index in [2.05, 4.69) is 33.9 Å². The van der Waals surface area contributed by atoms with E-state index in [1.165, 1.54) is 6.07 Å². The summed E-state index contributed by atoms with van der Waals surface area (Å²) in [6.45, 7) is 2.97. The van der Waals surface area contributed by atoms with Crippen LogP contribution in [0.3, 0.4) is 0 Å². The van der Waals surface area contributed by atoms with Gasteiger partial charge in [-0.15, -0.1) is 0 Å². The van der Waals surface area contributed by atoms with E-state index in [0.29, 0.717) is 0 Å². The Bertz CT molecular complexity index is 389. The van der Waals surface area contributed by atoms with Gasteiger partial charge in [0.15, 0.2) is 0 Å². The van der Waals surface area contributed by atoms with Gasteiger partial charge in [0.25, 0.3) is 5.56 Å². The molecule has 82 valence electrons. The van der Waals surface area contributed by atoms with E-state index >= 15 is 0 Å². The second-order valence-corrected chi connectivity index (χ2v) is 4.08. The second-order valence-electron chi connectivity index (χ2n) is 4.08. The molecule has 1 saturated heterocycles. The zero-order valence-electron chi connectivity index (χ0n) is 9.10. The molecule has 0 aliphatic carbocycles. The van der Waals surface area contributed by atoms with Crippen molar-refractivity contribution in [3.63, 3.8) is 0 Å². The summed E-state index contributed by atoms with van der Waals surface area (Å²) < 4.78 is 0. The molecule has 2 heterocycles. The lowest BCUT2D eigenvalue weighted by molar-refractivity contribution is 0.109. The lowest BCUT2D eigenvalue weighted by atomic mass is 10.2. The number of H-pyrrole nitrogens is 1. The molecule has 1 aliphatic rings. The molecular weight excluding hydrogens is 192 g/mol. The SMILES string of the molecule is CN1CCN(C)C(c2nccc(=O)[nH]2)C1. The zero-order chi connectivity index (χ0) is 10.8. The minimum Gasteiger partial charge on any atom is -0.309 e. The van der Waals surface area contributed by atoms with E-state index in [1.54, 1.807) is 6.20 Å². The highest BCUT2D eigenvalue weighted by Crippen LogP contribution is 2.18. The van der Waals surface area contributed by atoms with Gasteiger partial charge in [-0.05, 0) is 14.1 Å². The van der Waals surface area contributed by atoms with Crippen molar-refractivity contribution in [3.05, 3.63) is 28.4 Å². The van der Waals surface area contributed by atoms with Gasteiger partial charge < -0.3 is 9.88 Å². The number of rotatable bonds is 1. The lowest BCUT2D eigenvalue weighted by Crippen LogP contribution is -2.45. The van der Waals surface area contributed by atoms with Crippen LogP contribution in [-0.2, 0) is 0 Å². The molecule has 1 N–H and O–H groups in total. The van der Waals surface area contributed by atoms with E-state index in [0.717, 1.165) is 25.5 Å². The van der Waals surface area contributed by atoms with Crippen LogP contribution in [0.4, 0.5) is 0 Å². The van der Waals surface area contributed by atoms with Crippen LogP contribution in [0.1, 0.15) is 11.9 Å². The first-order valence-corrected chi connectivity index (χ1v) is 5.11. The van der Waals surface area contributed by atoms with Gasteiger partial charge in [0.2, 0.25) is 0 Å². The molecule has 0 amide bonds. The molecule has 0 aromatic carbocycles. The quantitative estimate of drug-likeness (QED) is 0.687. The first-order chi connectivity index (χ1) is 7.16. The summed E-state index contributed by atoms with van der Waals surface area (Å²) in [6, 6.07) is 1.63. The average Bonchev–Trinajstić information content (AvgIpc) is 2.22. The molecule has 1 aliphatic heterocycles. The predicted molar refractivity (Wildman–Crippen MR) is 57.7 cm³/mol. The number of hydrogen-bond acceptors (Lipinski definition) is 4. The summed E-state index contributed by atoms with van der Waals surface area (Å²) in [5.74, 6) is 0.761. The van der Waals surface area contributed by atoms with E-state index < -0.39 is 0 Å². The zero-order valence-corrected chi connectivity index (χ0v) is 9.10. The smallest absolute Gasteiger partial charge is 0.250 e. The number of aromatic amines is 1. The van der Waals surface area contributed by atoms with Crippen molar-refractivity contribution < 1.29 is 0 Å². The molecule has 0 bridgehead atoms. The molecule has 2 rings (SSSR count). The van der Waals surface area contributed by atoms with E-state index in [9.17, 15) is 4.79 Å². The molecule has 1 fully saturated rings. The van der Waals surface area contributed by atoms with Crippen molar-refractivity contribution in [1.82, 2.24) is 19.8 Å². The third-order valence-corrected chi connectivity index (χ3v) is 2.86. The van der Waals surface area contributed by atoms with Crippen LogP contribution in [0, 0.1) is 0 Å². The number of hydrogen-bond donors (Lipinski definition) is 1. The van der Waals surface area contributed by atoms with Gasteiger partial charge >= 0.3 is 0 Å². The van der Waals surface area contributed by atoms with Gasteiger partial charge in [-0.3, -0.25) is 9.69 Å². The van der Waals surface area contributed by atoms with E-state index in [4.69, 9.17) is 0 Å². The maximum absolute atomic E-state index is 11.2. The van der Waals surface area contributed by atoms with Crippen LogP contribution in [-0.4, -0.2) is 53.5 Å². The van der Waals surface area contributed by atoms with Crippen molar-refractivity contribution in [3.8, 4) is 0 Å². The fraction of sp³-hybridized carbons (Fsp3) is 0.600. The summed E-state index contributed by atoms with van der Waals surface area (Å²) in [5.41, 5.74) is -0.0818. The Balaban J connectivity index is 2.25. The predicted octanol–water partition coefficient (Wildman–Crippen LogP) is -0.312. The van der Waals surface area contributed by atoms with Crippen molar-refractivity contribution in [2.75, 3.05) is 33.7 Å². The fourth-order valence-corrected chi connectivity index (χ4v) is 1.86. The minimum atomic E-state index is -0.0818. The molecule has 1 aromatic heterocycles. The Labute approximate surface area is 88.7 Å². The van der Waals surface area contributed by atoms with E-state index in [1.807, 2.05) is 0 Å². The number of nitrogens with one attached hydrogen (secondary N) is 1. The van der Waals surface area contributed by atoms with Gasteiger partial charge in [-0.1, -0.05) is 0 Å². The van der Waals surface area contributed by atoms with Gasteiger partial charge in [0, 0.05) is 31.9 Å². The summed E-state index contributed by atoms with van der Waals surface area (Å²) in [4.78, 5) is 22.7. The Kier molecular flexibility index (Phi) is 2.83. The highest BCUT2D eigenvalue weighted by Gasteiger charge is 2.25. The fourth-order valence-electron chi connectivity index (χ4n) is 1.86. The van der Waals surface area contributed by atoms with Crippen LogP contribution >= 0.6 is 0 Å². The summed E-state index contributed by atoms with van der Waals surface area (Å²) in [6.07, 6.45) is 1.57. The minimum absolute atomic E-state index is 0.0818. The molecule has 1 unspecified atom stereocenters. The molecule has 1 atom stereocenters. The molecule has 15 heavy (non-hydrogen) atoms. The topological polar surface area (TPSA) is 52.2 Å². The summed E-state index contributed by atoms with van der Waals surface area (Å²) in [7, 11) is 4.14. The second kappa shape index (κ2) is 4.12. The molecule has 1 aromatic rings. The van der Waals surface area contributed by atoms with Crippen LogP contribution in [0.2, 0.25) is 0 Å². The van der Waals surface area contributed by atoms with Crippen LogP contribution in [0.15, 0.2) is 17.1 Å². The molecule has 0 saturated carbocycles. The third kappa shape index (κ3) is 2.24. The molecule has 5 heteroatoms. The van der Waals surface area contributed by atoms with Crippen LogP contribution < -0.4 is 5.56 Å². The Morgan fingerprint density at radius 1 is 1.47 bits per heavy atom. The summed E-state index contributed by atoms with van der Waals surface area (Å²) >= 11 is 0. The van der Waals surface area contributed by atoms with Gasteiger partial charge in [0.05, 0.1) is 6.04 Å². The standard InChI is InChI=1S/C10H16N4O/c1-13-5-6-14(2)8(7-13)10-11-4-3-9(15)12-10/h3-4,8H,5-7H2,1-2H3,(H,11,12,15). The Morgan fingerprint density at radius 3 is 3.00 bits per heavy atom. The number of likely N-dealkylation sites (N-methyl/N-ethyl adjacent to an activating group) is 2. The maximum atomic E-state index is 11.2. The van der Waals surface area contributed by atoms with Crippen molar-refractivity contribution in [1.29, 1.82) is 0 Å². The average molecular weight is 208 g/mol. The highest BCUT2D eigenvalue weighted by molar-refractivity contribution is 4.99. The molecule has 0 spiro atoms. The maximum Gasteiger partial charge on any atom is 0.250 e. The van der Waals surface area contributed by atoms with Crippen LogP contribution in [0.25, 0.3) is 0 Å². The van der Waals surface area contributed by atoms with Crippen molar-refractivity contribution in [2.45, 2.75) is 6.04 Å². The van der Waals surface area contributed by atoms with Crippen molar-refractivity contribution >= 4 is 0 Å². The molecule has 5 nitrogen and oxygen atoms in total. The summed E-state index contributed by atoms with van der Waals surface area (Å²) in [5, 5.41) is 0.